The highest BCUT2D eigenvalue weighted by Crippen LogP contribution is 2.32. The van der Waals surface area contributed by atoms with Gasteiger partial charge in [-0.3, -0.25) is 9.59 Å². The molecule has 0 unspecified atom stereocenters. The number of hydrogen-bond acceptors (Lipinski definition) is 4. The van der Waals surface area contributed by atoms with Gasteiger partial charge in [0.15, 0.2) is 0 Å². The molecular formula is C19H25FN2O3. The second kappa shape index (κ2) is 7.85. The quantitative estimate of drug-likeness (QED) is 0.788. The van der Waals surface area contributed by atoms with Crippen LogP contribution >= 0.6 is 0 Å². The summed E-state index contributed by atoms with van der Waals surface area (Å²) in [5.74, 6) is -0.986. The number of piperazine rings is 1. The average Bonchev–Trinajstić information content (AvgIpc) is 2.67. The third-order valence-electron chi connectivity index (χ3n) is 5.37. The molecule has 1 saturated carbocycles. The molecule has 0 bridgehead atoms. The van der Waals surface area contributed by atoms with Crippen LogP contribution in [-0.2, 0) is 14.3 Å². The maximum absolute atomic E-state index is 13.0. The first kappa shape index (κ1) is 17.7. The number of rotatable bonds is 3. The van der Waals surface area contributed by atoms with Crippen molar-refractivity contribution in [3.8, 4) is 0 Å². The van der Waals surface area contributed by atoms with Crippen molar-refractivity contribution in [2.75, 3.05) is 38.2 Å². The minimum Gasteiger partial charge on any atom is -0.469 e. The molecule has 2 atom stereocenters. The molecule has 1 amide bonds. The van der Waals surface area contributed by atoms with Gasteiger partial charge in [0.05, 0.1) is 18.9 Å². The Morgan fingerprint density at radius 1 is 1.00 bits per heavy atom. The van der Waals surface area contributed by atoms with Crippen LogP contribution in [0.1, 0.15) is 25.7 Å². The fraction of sp³-hybridized carbons (Fsp3) is 0.579. The standard InChI is InChI=1S/C19H25FN2O3/c1-25-19(24)17-5-3-2-4-16(17)18(23)22-12-10-21(11-13-22)15-8-6-14(20)7-9-15/h6-9,16-17H,2-5,10-13H2,1H3/t16-,17-/m1/s1. The summed E-state index contributed by atoms with van der Waals surface area (Å²) in [7, 11) is 1.39. The predicted octanol–water partition coefficient (Wildman–Crippen LogP) is 2.45. The van der Waals surface area contributed by atoms with Crippen molar-refractivity contribution in [3.05, 3.63) is 30.1 Å². The summed E-state index contributed by atoms with van der Waals surface area (Å²) in [4.78, 5) is 28.9. The van der Waals surface area contributed by atoms with Gasteiger partial charge in [0.1, 0.15) is 5.82 Å². The lowest BCUT2D eigenvalue weighted by Gasteiger charge is -2.39. The Labute approximate surface area is 147 Å². The Morgan fingerprint density at radius 3 is 2.20 bits per heavy atom. The zero-order valence-corrected chi connectivity index (χ0v) is 14.6. The number of amides is 1. The second-order valence-electron chi connectivity index (χ2n) is 6.81. The van der Waals surface area contributed by atoms with E-state index < -0.39 is 0 Å². The maximum Gasteiger partial charge on any atom is 0.309 e. The van der Waals surface area contributed by atoms with E-state index in [0.29, 0.717) is 26.2 Å². The normalized spacial score (nSPS) is 24.1. The molecule has 5 nitrogen and oxygen atoms in total. The number of benzene rings is 1. The largest absolute Gasteiger partial charge is 0.469 e. The molecule has 25 heavy (non-hydrogen) atoms. The lowest BCUT2D eigenvalue weighted by molar-refractivity contribution is -0.155. The Hall–Kier alpha value is -2.11. The van der Waals surface area contributed by atoms with Gasteiger partial charge in [-0.1, -0.05) is 12.8 Å². The highest BCUT2D eigenvalue weighted by atomic mass is 19.1. The van der Waals surface area contributed by atoms with E-state index in [2.05, 4.69) is 4.90 Å². The average molecular weight is 348 g/mol. The van der Waals surface area contributed by atoms with Gasteiger partial charge in [0.25, 0.3) is 0 Å². The SMILES string of the molecule is COC(=O)[C@@H]1CCCC[C@H]1C(=O)N1CCN(c2ccc(F)cc2)CC1. The fourth-order valence-electron chi connectivity index (χ4n) is 3.93. The molecule has 136 valence electrons. The summed E-state index contributed by atoms with van der Waals surface area (Å²) < 4.78 is 17.9. The number of hydrogen-bond donors (Lipinski definition) is 0. The van der Waals surface area contributed by atoms with E-state index in [1.807, 2.05) is 4.90 Å². The molecule has 2 aliphatic rings. The molecule has 1 saturated heterocycles. The first-order valence-corrected chi connectivity index (χ1v) is 8.97. The maximum atomic E-state index is 13.0. The number of halogens is 1. The van der Waals surface area contributed by atoms with Crippen LogP contribution < -0.4 is 4.90 Å². The summed E-state index contributed by atoms with van der Waals surface area (Å²) >= 11 is 0. The lowest BCUT2D eigenvalue weighted by Crippen LogP contribution is -2.52. The summed E-state index contributed by atoms with van der Waals surface area (Å²) in [6.07, 6.45) is 3.46. The van der Waals surface area contributed by atoms with E-state index in [1.54, 1.807) is 12.1 Å². The van der Waals surface area contributed by atoms with Crippen molar-refractivity contribution in [3.63, 3.8) is 0 Å². The van der Waals surface area contributed by atoms with Crippen LogP contribution in [0.3, 0.4) is 0 Å². The van der Waals surface area contributed by atoms with Gasteiger partial charge in [-0.25, -0.2) is 4.39 Å². The number of anilines is 1. The van der Waals surface area contributed by atoms with E-state index in [4.69, 9.17) is 4.74 Å². The van der Waals surface area contributed by atoms with E-state index >= 15 is 0 Å². The van der Waals surface area contributed by atoms with Gasteiger partial charge >= 0.3 is 5.97 Å². The Bertz CT molecular complexity index is 612. The Morgan fingerprint density at radius 2 is 1.60 bits per heavy atom. The van der Waals surface area contributed by atoms with Crippen LogP contribution in [0.4, 0.5) is 10.1 Å². The highest BCUT2D eigenvalue weighted by molar-refractivity contribution is 5.85. The smallest absolute Gasteiger partial charge is 0.309 e. The zero-order chi connectivity index (χ0) is 17.8. The number of carbonyl (C=O) groups excluding carboxylic acids is 2. The van der Waals surface area contributed by atoms with E-state index in [9.17, 15) is 14.0 Å². The van der Waals surface area contributed by atoms with E-state index in [0.717, 1.165) is 31.4 Å². The summed E-state index contributed by atoms with van der Waals surface area (Å²) in [6, 6.07) is 6.44. The molecule has 0 radical (unpaired) electrons. The van der Waals surface area contributed by atoms with Crippen molar-refractivity contribution >= 4 is 17.6 Å². The molecule has 2 fully saturated rings. The monoisotopic (exact) mass is 348 g/mol. The minimum absolute atomic E-state index is 0.0776. The van der Waals surface area contributed by atoms with Crippen LogP contribution in [0.5, 0.6) is 0 Å². The summed E-state index contributed by atoms with van der Waals surface area (Å²) in [5.41, 5.74) is 0.971. The molecule has 1 aromatic rings. The van der Waals surface area contributed by atoms with Crippen LogP contribution in [0.2, 0.25) is 0 Å². The Balaban J connectivity index is 1.60. The van der Waals surface area contributed by atoms with Crippen LogP contribution in [0.25, 0.3) is 0 Å². The van der Waals surface area contributed by atoms with Gasteiger partial charge in [0.2, 0.25) is 5.91 Å². The molecule has 1 heterocycles. The molecule has 1 aliphatic heterocycles. The molecular weight excluding hydrogens is 323 g/mol. The zero-order valence-electron chi connectivity index (χ0n) is 14.6. The third-order valence-corrected chi connectivity index (χ3v) is 5.37. The molecule has 0 aromatic heterocycles. The van der Waals surface area contributed by atoms with Gasteiger partial charge in [-0.2, -0.15) is 0 Å². The van der Waals surface area contributed by atoms with Gasteiger partial charge in [0, 0.05) is 31.9 Å². The van der Waals surface area contributed by atoms with Gasteiger partial charge in [-0.15, -0.1) is 0 Å². The van der Waals surface area contributed by atoms with Crippen LogP contribution in [0.15, 0.2) is 24.3 Å². The molecule has 1 aromatic carbocycles. The number of carbonyl (C=O) groups is 2. The topological polar surface area (TPSA) is 49.9 Å². The first-order valence-electron chi connectivity index (χ1n) is 8.97. The van der Waals surface area contributed by atoms with Crippen LogP contribution in [-0.4, -0.2) is 50.1 Å². The minimum atomic E-state index is -0.304. The van der Waals surface area contributed by atoms with Crippen molar-refractivity contribution < 1.29 is 18.7 Å². The number of methoxy groups -OCH3 is 1. The number of nitrogens with zero attached hydrogens (tertiary/aromatic N) is 2. The Kier molecular flexibility index (Phi) is 5.56. The summed E-state index contributed by atoms with van der Waals surface area (Å²) in [5, 5.41) is 0. The van der Waals surface area contributed by atoms with Gasteiger partial charge in [-0.05, 0) is 37.1 Å². The van der Waals surface area contributed by atoms with Crippen molar-refractivity contribution in [1.82, 2.24) is 4.90 Å². The van der Waals surface area contributed by atoms with E-state index in [-0.39, 0.29) is 29.5 Å². The molecule has 3 rings (SSSR count). The van der Waals surface area contributed by atoms with Gasteiger partial charge < -0.3 is 14.5 Å². The number of ether oxygens (including phenoxy) is 1. The van der Waals surface area contributed by atoms with Crippen LogP contribution in [0, 0.1) is 17.7 Å². The number of esters is 1. The van der Waals surface area contributed by atoms with Crippen molar-refractivity contribution in [2.24, 2.45) is 11.8 Å². The van der Waals surface area contributed by atoms with E-state index in [1.165, 1.54) is 19.2 Å². The third kappa shape index (κ3) is 3.94. The molecule has 6 heteroatoms. The predicted molar refractivity (Wildman–Crippen MR) is 92.7 cm³/mol. The fourth-order valence-corrected chi connectivity index (χ4v) is 3.93. The van der Waals surface area contributed by atoms with Crippen molar-refractivity contribution in [1.29, 1.82) is 0 Å². The van der Waals surface area contributed by atoms with Crippen molar-refractivity contribution in [2.45, 2.75) is 25.7 Å². The first-order chi connectivity index (χ1) is 12.1. The second-order valence-corrected chi connectivity index (χ2v) is 6.81. The lowest BCUT2D eigenvalue weighted by atomic mass is 9.78. The summed E-state index contributed by atoms with van der Waals surface area (Å²) in [6.45, 7) is 2.68. The highest BCUT2D eigenvalue weighted by Gasteiger charge is 2.39. The molecule has 0 N–H and O–H groups in total. The molecule has 0 spiro atoms. The molecule has 1 aliphatic carbocycles.